The van der Waals surface area contributed by atoms with Crippen LogP contribution in [-0.4, -0.2) is 29.9 Å². The number of benzene rings is 2. The Balaban J connectivity index is 0.00000288. The van der Waals surface area contributed by atoms with E-state index < -0.39 is 0 Å². The van der Waals surface area contributed by atoms with E-state index >= 15 is 0 Å². The third-order valence-corrected chi connectivity index (χ3v) is 3.56. The molecule has 2 aromatic rings. The summed E-state index contributed by atoms with van der Waals surface area (Å²) in [5.74, 6) is 0.0243. The van der Waals surface area contributed by atoms with Gasteiger partial charge in [-0.1, -0.05) is 60.7 Å². The summed E-state index contributed by atoms with van der Waals surface area (Å²) in [6.45, 7) is 1.40. The average Bonchev–Trinajstić information content (AvgIpc) is 2.56. The molecule has 0 atom stereocenters. The van der Waals surface area contributed by atoms with Gasteiger partial charge in [-0.05, 0) is 24.0 Å². The van der Waals surface area contributed by atoms with E-state index in [-0.39, 0.29) is 24.3 Å². The van der Waals surface area contributed by atoms with Gasteiger partial charge in [0, 0.05) is 13.1 Å². The van der Waals surface area contributed by atoms with Gasteiger partial charge in [-0.2, -0.15) is 4.99 Å². The summed E-state index contributed by atoms with van der Waals surface area (Å²) in [6, 6.07) is 20.4. The molecule has 0 amide bonds. The first-order valence-corrected chi connectivity index (χ1v) is 7.66. The highest BCUT2D eigenvalue weighted by Gasteiger charge is 2.10. The van der Waals surface area contributed by atoms with Crippen molar-refractivity contribution in [1.29, 1.82) is 5.41 Å². The van der Waals surface area contributed by atoms with Crippen LogP contribution in [-0.2, 0) is 12.8 Å². The molecule has 5 N–H and O–H groups in total. The van der Waals surface area contributed by atoms with Crippen molar-refractivity contribution in [3.05, 3.63) is 71.8 Å². The second kappa shape index (κ2) is 10.3. The number of nitrogens with two attached hydrogens (primary N) is 2. The quantitative estimate of drug-likeness (QED) is 0.554. The molecule has 6 heteroatoms. The van der Waals surface area contributed by atoms with E-state index in [0.29, 0.717) is 13.1 Å². The molecule has 5 nitrogen and oxygen atoms in total. The Kier molecular flexibility index (Phi) is 8.36. The highest BCUT2D eigenvalue weighted by atomic mass is 35.5. The zero-order valence-corrected chi connectivity index (χ0v) is 14.4. The van der Waals surface area contributed by atoms with Gasteiger partial charge < -0.3 is 16.4 Å². The molecule has 0 fully saturated rings. The van der Waals surface area contributed by atoms with E-state index in [9.17, 15) is 0 Å². The fraction of sp³-hybridized carbons (Fsp3) is 0.222. The third kappa shape index (κ3) is 6.71. The standard InChI is InChI=1S/C18H23N5.ClH/c19-17(20)22-18(21)23(13-11-15-7-3-1-4-8-15)14-12-16-9-5-2-6-10-16;/h1-10H,11-14H2,(H5,19,20,21,22);1H. The summed E-state index contributed by atoms with van der Waals surface area (Å²) < 4.78 is 0. The van der Waals surface area contributed by atoms with Gasteiger partial charge in [0.25, 0.3) is 0 Å². The molecule has 2 rings (SSSR count). The predicted molar refractivity (Wildman–Crippen MR) is 103 cm³/mol. The molecule has 2 aromatic carbocycles. The maximum absolute atomic E-state index is 8.09. The van der Waals surface area contributed by atoms with Crippen LogP contribution in [0.15, 0.2) is 65.7 Å². The van der Waals surface area contributed by atoms with Gasteiger partial charge in [0.15, 0.2) is 5.96 Å². The first-order chi connectivity index (χ1) is 11.1. The first kappa shape index (κ1) is 19.5. The van der Waals surface area contributed by atoms with Gasteiger partial charge in [0.2, 0.25) is 5.96 Å². The van der Waals surface area contributed by atoms with Gasteiger partial charge in [0.05, 0.1) is 0 Å². The number of nitrogens with zero attached hydrogens (tertiary/aromatic N) is 2. The molecule has 0 radical (unpaired) electrons. The number of nitrogens with one attached hydrogen (secondary N) is 1. The minimum atomic E-state index is -0.0839. The second-order valence-electron chi connectivity index (χ2n) is 5.32. The largest absolute Gasteiger partial charge is 0.370 e. The van der Waals surface area contributed by atoms with Crippen molar-refractivity contribution in [3.8, 4) is 0 Å². The van der Waals surface area contributed by atoms with Crippen LogP contribution < -0.4 is 11.5 Å². The number of rotatable bonds is 6. The molecule has 0 spiro atoms. The van der Waals surface area contributed by atoms with E-state index in [1.165, 1.54) is 11.1 Å². The van der Waals surface area contributed by atoms with Crippen LogP contribution in [0, 0.1) is 5.41 Å². The van der Waals surface area contributed by atoms with Crippen LogP contribution in [0.2, 0.25) is 0 Å². The Bertz CT molecular complexity index is 595. The highest BCUT2D eigenvalue weighted by molar-refractivity contribution is 5.91. The minimum Gasteiger partial charge on any atom is -0.370 e. The van der Waals surface area contributed by atoms with Crippen molar-refractivity contribution in [3.63, 3.8) is 0 Å². The normalized spacial score (nSPS) is 9.67. The van der Waals surface area contributed by atoms with Gasteiger partial charge >= 0.3 is 0 Å². The van der Waals surface area contributed by atoms with E-state index in [2.05, 4.69) is 29.3 Å². The Morgan fingerprint density at radius 1 is 0.833 bits per heavy atom. The van der Waals surface area contributed by atoms with Crippen molar-refractivity contribution in [2.45, 2.75) is 12.8 Å². The minimum absolute atomic E-state index is 0. The maximum atomic E-state index is 8.09. The molecule has 0 heterocycles. The lowest BCUT2D eigenvalue weighted by Crippen LogP contribution is -2.36. The molecule has 0 saturated carbocycles. The van der Waals surface area contributed by atoms with Crippen LogP contribution >= 0.6 is 12.4 Å². The number of aliphatic imine (C=N–C) groups is 1. The van der Waals surface area contributed by atoms with Crippen molar-refractivity contribution in [2.24, 2.45) is 16.5 Å². The molecule has 0 aromatic heterocycles. The SMILES string of the molecule is Cl.N=C(N=C(N)N)N(CCc1ccccc1)CCc1ccccc1. The van der Waals surface area contributed by atoms with Crippen molar-refractivity contribution in [1.82, 2.24) is 4.90 Å². The van der Waals surface area contributed by atoms with Crippen LogP contribution in [0.1, 0.15) is 11.1 Å². The topological polar surface area (TPSA) is 91.5 Å². The molecule has 0 aliphatic heterocycles. The van der Waals surface area contributed by atoms with Crippen LogP contribution in [0.5, 0.6) is 0 Å². The molecular formula is C18H24ClN5. The number of hydrogen-bond donors (Lipinski definition) is 3. The Hall–Kier alpha value is -2.53. The predicted octanol–water partition coefficient (Wildman–Crippen LogP) is 2.40. The first-order valence-electron chi connectivity index (χ1n) is 7.66. The van der Waals surface area contributed by atoms with Crippen LogP contribution in [0.3, 0.4) is 0 Å². The molecule has 0 unspecified atom stereocenters. The zero-order chi connectivity index (χ0) is 16.5. The highest BCUT2D eigenvalue weighted by Crippen LogP contribution is 2.06. The van der Waals surface area contributed by atoms with Gasteiger partial charge in [-0.25, -0.2) is 0 Å². The molecule has 0 aliphatic rings. The molecule has 24 heavy (non-hydrogen) atoms. The number of guanidine groups is 2. The summed E-state index contributed by atoms with van der Waals surface area (Å²) in [5.41, 5.74) is 13.3. The fourth-order valence-corrected chi connectivity index (χ4v) is 2.33. The van der Waals surface area contributed by atoms with E-state index in [0.717, 1.165) is 12.8 Å². The summed E-state index contributed by atoms with van der Waals surface area (Å²) >= 11 is 0. The lowest BCUT2D eigenvalue weighted by atomic mass is 10.1. The molecule has 128 valence electrons. The lowest BCUT2D eigenvalue weighted by molar-refractivity contribution is 0.419. The summed E-state index contributed by atoms with van der Waals surface area (Å²) in [5, 5.41) is 8.09. The third-order valence-electron chi connectivity index (χ3n) is 3.56. The van der Waals surface area contributed by atoms with Crippen LogP contribution in [0.25, 0.3) is 0 Å². The van der Waals surface area contributed by atoms with Gasteiger partial charge in [0.1, 0.15) is 0 Å². The summed E-state index contributed by atoms with van der Waals surface area (Å²) in [7, 11) is 0. The zero-order valence-electron chi connectivity index (χ0n) is 13.6. The smallest absolute Gasteiger partial charge is 0.221 e. The molecular weight excluding hydrogens is 322 g/mol. The fourth-order valence-electron chi connectivity index (χ4n) is 2.33. The summed E-state index contributed by atoms with van der Waals surface area (Å²) in [6.07, 6.45) is 1.69. The van der Waals surface area contributed by atoms with Crippen molar-refractivity contribution in [2.75, 3.05) is 13.1 Å². The maximum Gasteiger partial charge on any atom is 0.221 e. The number of halogens is 1. The monoisotopic (exact) mass is 345 g/mol. The van der Waals surface area contributed by atoms with Crippen LogP contribution in [0.4, 0.5) is 0 Å². The Morgan fingerprint density at radius 3 is 1.62 bits per heavy atom. The van der Waals surface area contributed by atoms with E-state index in [1.807, 2.05) is 41.3 Å². The second-order valence-corrected chi connectivity index (χ2v) is 5.32. The molecule has 0 bridgehead atoms. The summed E-state index contributed by atoms with van der Waals surface area (Å²) in [4.78, 5) is 5.79. The van der Waals surface area contributed by atoms with Crippen molar-refractivity contribution < 1.29 is 0 Å². The Labute approximate surface area is 149 Å². The van der Waals surface area contributed by atoms with E-state index in [4.69, 9.17) is 16.9 Å². The van der Waals surface area contributed by atoms with Crippen molar-refractivity contribution >= 4 is 24.3 Å². The Morgan fingerprint density at radius 2 is 1.25 bits per heavy atom. The lowest BCUT2D eigenvalue weighted by Gasteiger charge is -2.23. The molecule has 0 aliphatic carbocycles. The van der Waals surface area contributed by atoms with Gasteiger partial charge in [-0.3, -0.25) is 5.41 Å². The molecule has 0 saturated heterocycles. The van der Waals surface area contributed by atoms with Gasteiger partial charge in [-0.15, -0.1) is 12.4 Å². The number of hydrogen-bond acceptors (Lipinski definition) is 1. The average molecular weight is 346 g/mol. The van der Waals surface area contributed by atoms with E-state index in [1.54, 1.807) is 0 Å².